The minimum absolute atomic E-state index is 0.196. The summed E-state index contributed by atoms with van der Waals surface area (Å²) in [6.07, 6.45) is 7.74. The van der Waals surface area contributed by atoms with Crippen LogP contribution in [0.1, 0.15) is 51.0 Å². The smallest absolute Gasteiger partial charge is 0.272 e. The van der Waals surface area contributed by atoms with Crippen LogP contribution in [0.3, 0.4) is 0 Å². The van der Waals surface area contributed by atoms with Crippen LogP contribution in [0.4, 0.5) is 11.4 Å². The van der Waals surface area contributed by atoms with Crippen molar-refractivity contribution in [3.8, 4) is 0 Å². The minimum atomic E-state index is -0.322. The zero-order chi connectivity index (χ0) is 14.5. The van der Waals surface area contributed by atoms with E-state index in [1.807, 2.05) is 12.1 Å². The zero-order valence-electron chi connectivity index (χ0n) is 12.4. The fourth-order valence-electron chi connectivity index (χ4n) is 3.25. The van der Waals surface area contributed by atoms with Gasteiger partial charge >= 0.3 is 0 Å². The van der Waals surface area contributed by atoms with Gasteiger partial charge in [0.1, 0.15) is 0 Å². The number of nitro benzene ring substituents is 1. The van der Waals surface area contributed by atoms with Gasteiger partial charge in [-0.05, 0) is 44.2 Å². The first-order chi connectivity index (χ1) is 9.61. The van der Waals surface area contributed by atoms with E-state index in [2.05, 4.69) is 12.2 Å². The first kappa shape index (κ1) is 14.8. The molecular formula is C16H24N2O2. The summed E-state index contributed by atoms with van der Waals surface area (Å²) >= 11 is 0. The number of hydrogen-bond acceptors (Lipinski definition) is 3. The standard InChI is InChI=1S/C16H24N2O2/c1-3-15(13-7-5-4-6-8-13)17-14-9-10-16(18(19)20)12(2)11-14/h9-11,13,15,17H,3-8H2,1-2H3. The zero-order valence-corrected chi connectivity index (χ0v) is 12.4. The molecule has 0 aromatic heterocycles. The Morgan fingerprint density at radius 2 is 2.05 bits per heavy atom. The van der Waals surface area contributed by atoms with Crippen molar-refractivity contribution in [1.82, 2.24) is 0 Å². The summed E-state index contributed by atoms with van der Waals surface area (Å²) in [5.41, 5.74) is 1.92. The Labute approximate surface area is 120 Å². The lowest BCUT2D eigenvalue weighted by Gasteiger charge is -2.31. The second kappa shape index (κ2) is 6.73. The number of nitrogens with one attached hydrogen (secondary N) is 1. The Kier molecular flexibility index (Phi) is 4.99. The fraction of sp³-hybridized carbons (Fsp3) is 0.625. The second-order valence-electron chi connectivity index (χ2n) is 5.82. The van der Waals surface area contributed by atoms with Gasteiger partial charge in [-0.2, -0.15) is 0 Å². The highest BCUT2D eigenvalue weighted by molar-refractivity contribution is 5.54. The lowest BCUT2D eigenvalue weighted by atomic mass is 9.83. The molecule has 1 atom stereocenters. The number of benzene rings is 1. The Bertz CT molecular complexity index is 468. The summed E-state index contributed by atoms with van der Waals surface area (Å²) in [5.74, 6) is 0.740. The van der Waals surface area contributed by atoms with E-state index in [1.54, 1.807) is 13.0 Å². The molecule has 1 aliphatic rings. The highest BCUT2D eigenvalue weighted by atomic mass is 16.6. The molecule has 1 aromatic rings. The van der Waals surface area contributed by atoms with Crippen LogP contribution in [-0.4, -0.2) is 11.0 Å². The molecular weight excluding hydrogens is 252 g/mol. The maximum atomic E-state index is 10.8. The average molecular weight is 276 g/mol. The first-order valence-corrected chi connectivity index (χ1v) is 7.63. The highest BCUT2D eigenvalue weighted by Gasteiger charge is 2.22. The van der Waals surface area contributed by atoms with E-state index < -0.39 is 0 Å². The maximum absolute atomic E-state index is 10.8. The molecule has 2 rings (SSSR count). The summed E-state index contributed by atoms with van der Waals surface area (Å²) in [5, 5.41) is 14.4. The molecule has 1 unspecified atom stereocenters. The van der Waals surface area contributed by atoms with E-state index in [9.17, 15) is 10.1 Å². The molecule has 1 aromatic carbocycles. The number of anilines is 1. The summed E-state index contributed by atoms with van der Waals surface area (Å²) in [6.45, 7) is 4.01. The van der Waals surface area contributed by atoms with Crippen LogP contribution in [0, 0.1) is 23.0 Å². The summed E-state index contributed by atoms with van der Waals surface area (Å²) in [6, 6.07) is 5.81. The van der Waals surface area contributed by atoms with E-state index in [1.165, 1.54) is 32.1 Å². The Hall–Kier alpha value is -1.58. The van der Waals surface area contributed by atoms with Crippen molar-refractivity contribution in [3.05, 3.63) is 33.9 Å². The maximum Gasteiger partial charge on any atom is 0.272 e. The second-order valence-corrected chi connectivity index (χ2v) is 5.82. The van der Waals surface area contributed by atoms with Gasteiger partial charge in [0.05, 0.1) is 4.92 Å². The van der Waals surface area contributed by atoms with E-state index in [4.69, 9.17) is 0 Å². The van der Waals surface area contributed by atoms with Gasteiger partial charge in [0, 0.05) is 23.4 Å². The topological polar surface area (TPSA) is 55.2 Å². The number of nitrogens with zero attached hydrogens (tertiary/aromatic N) is 1. The number of hydrogen-bond donors (Lipinski definition) is 1. The molecule has 1 N–H and O–H groups in total. The van der Waals surface area contributed by atoms with Crippen molar-refractivity contribution in [2.45, 2.75) is 58.4 Å². The van der Waals surface area contributed by atoms with Crippen molar-refractivity contribution in [2.24, 2.45) is 5.92 Å². The van der Waals surface area contributed by atoms with Crippen LogP contribution in [0.2, 0.25) is 0 Å². The minimum Gasteiger partial charge on any atom is -0.382 e. The molecule has 0 saturated heterocycles. The Morgan fingerprint density at radius 1 is 1.35 bits per heavy atom. The molecule has 20 heavy (non-hydrogen) atoms. The third kappa shape index (κ3) is 3.50. The van der Waals surface area contributed by atoms with Crippen LogP contribution in [0.15, 0.2) is 18.2 Å². The van der Waals surface area contributed by atoms with Crippen molar-refractivity contribution < 1.29 is 4.92 Å². The number of rotatable bonds is 5. The van der Waals surface area contributed by atoms with E-state index >= 15 is 0 Å². The van der Waals surface area contributed by atoms with Crippen LogP contribution in [-0.2, 0) is 0 Å². The molecule has 0 amide bonds. The van der Waals surface area contributed by atoms with Crippen molar-refractivity contribution in [1.29, 1.82) is 0 Å². The molecule has 4 nitrogen and oxygen atoms in total. The molecule has 0 aliphatic heterocycles. The summed E-state index contributed by atoms with van der Waals surface area (Å²) in [7, 11) is 0. The Morgan fingerprint density at radius 3 is 2.60 bits per heavy atom. The van der Waals surface area contributed by atoms with Crippen molar-refractivity contribution in [3.63, 3.8) is 0 Å². The molecule has 0 bridgehead atoms. The third-order valence-electron chi connectivity index (χ3n) is 4.40. The van der Waals surface area contributed by atoms with Gasteiger partial charge in [-0.15, -0.1) is 0 Å². The lowest BCUT2D eigenvalue weighted by molar-refractivity contribution is -0.385. The SMILES string of the molecule is CCC(Nc1ccc([N+](=O)[O-])c(C)c1)C1CCCCC1. The van der Waals surface area contributed by atoms with Gasteiger partial charge in [-0.3, -0.25) is 10.1 Å². The van der Waals surface area contributed by atoms with E-state index in [0.29, 0.717) is 6.04 Å². The molecule has 0 spiro atoms. The molecule has 1 aliphatic carbocycles. The summed E-state index contributed by atoms with van der Waals surface area (Å²) in [4.78, 5) is 10.5. The van der Waals surface area contributed by atoms with Gasteiger partial charge in [0.2, 0.25) is 0 Å². The molecule has 1 saturated carbocycles. The van der Waals surface area contributed by atoms with Gasteiger partial charge < -0.3 is 5.32 Å². The predicted molar refractivity (Wildman–Crippen MR) is 82.1 cm³/mol. The fourth-order valence-corrected chi connectivity index (χ4v) is 3.25. The normalized spacial score (nSPS) is 17.7. The molecule has 0 heterocycles. The van der Waals surface area contributed by atoms with Gasteiger partial charge in [-0.1, -0.05) is 26.2 Å². The number of aryl methyl sites for hydroxylation is 1. The first-order valence-electron chi connectivity index (χ1n) is 7.63. The van der Waals surface area contributed by atoms with Crippen LogP contribution in [0.5, 0.6) is 0 Å². The van der Waals surface area contributed by atoms with Gasteiger partial charge in [-0.25, -0.2) is 0 Å². The largest absolute Gasteiger partial charge is 0.382 e. The van der Waals surface area contributed by atoms with Gasteiger partial charge in [0.15, 0.2) is 0 Å². The third-order valence-corrected chi connectivity index (χ3v) is 4.40. The van der Waals surface area contributed by atoms with Crippen molar-refractivity contribution in [2.75, 3.05) is 5.32 Å². The van der Waals surface area contributed by atoms with Crippen LogP contribution in [0.25, 0.3) is 0 Å². The van der Waals surface area contributed by atoms with Crippen LogP contribution >= 0.6 is 0 Å². The highest BCUT2D eigenvalue weighted by Crippen LogP contribution is 2.30. The van der Waals surface area contributed by atoms with E-state index in [-0.39, 0.29) is 10.6 Å². The average Bonchev–Trinajstić information content (AvgIpc) is 2.45. The quantitative estimate of drug-likeness (QED) is 0.628. The molecule has 1 fully saturated rings. The monoisotopic (exact) mass is 276 g/mol. The Balaban J connectivity index is 2.07. The van der Waals surface area contributed by atoms with Crippen LogP contribution < -0.4 is 5.32 Å². The van der Waals surface area contributed by atoms with Crippen molar-refractivity contribution >= 4 is 11.4 Å². The lowest BCUT2D eigenvalue weighted by Crippen LogP contribution is -2.30. The number of nitro groups is 1. The van der Waals surface area contributed by atoms with E-state index in [0.717, 1.165) is 23.6 Å². The molecule has 110 valence electrons. The molecule has 4 heteroatoms. The summed E-state index contributed by atoms with van der Waals surface area (Å²) < 4.78 is 0. The molecule has 0 radical (unpaired) electrons. The predicted octanol–water partition coefficient (Wildman–Crippen LogP) is 4.67. The van der Waals surface area contributed by atoms with Gasteiger partial charge in [0.25, 0.3) is 5.69 Å².